The zero-order chi connectivity index (χ0) is 16.6. The van der Waals surface area contributed by atoms with Crippen molar-refractivity contribution < 1.29 is 24.2 Å². The summed E-state index contributed by atoms with van der Waals surface area (Å²) in [5.74, 6) is -2.15. The van der Waals surface area contributed by atoms with Gasteiger partial charge in [-0.25, -0.2) is 9.18 Å². The fourth-order valence-electron chi connectivity index (χ4n) is 2.56. The normalized spacial score (nSPS) is 22.7. The molecule has 0 saturated carbocycles. The molecule has 1 atom stereocenters. The number of amides is 1. The zero-order valence-electron chi connectivity index (χ0n) is 11.9. The number of aliphatic imine (C=N–C) groups is 1. The number of phenolic OH excluding ortho intramolecular Hbond substituents is 1. The number of hydrogen-bond acceptors (Lipinski definition) is 5. The van der Waals surface area contributed by atoms with Crippen LogP contribution in [0.15, 0.2) is 28.1 Å². The van der Waals surface area contributed by atoms with Crippen molar-refractivity contribution in [3.8, 4) is 5.75 Å². The molecule has 2 heterocycles. The van der Waals surface area contributed by atoms with E-state index in [1.165, 1.54) is 12.1 Å². The summed E-state index contributed by atoms with van der Waals surface area (Å²) < 4.78 is 13.2. The molecule has 0 spiro atoms. The molecule has 0 radical (unpaired) electrons. The van der Waals surface area contributed by atoms with Crippen LogP contribution in [0.3, 0.4) is 0 Å². The van der Waals surface area contributed by atoms with Gasteiger partial charge < -0.3 is 15.1 Å². The Morgan fingerprint density at radius 3 is 3.00 bits per heavy atom. The van der Waals surface area contributed by atoms with Gasteiger partial charge >= 0.3 is 5.97 Å². The van der Waals surface area contributed by atoms with E-state index in [2.05, 4.69) is 4.99 Å². The zero-order valence-corrected chi connectivity index (χ0v) is 12.7. The van der Waals surface area contributed by atoms with E-state index in [0.717, 1.165) is 23.9 Å². The number of amidine groups is 1. The summed E-state index contributed by atoms with van der Waals surface area (Å²) in [6.45, 7) is 0.522. The molecule has 3 rings (SSSR count). The van der Waals surface area contributed by atoms with Gasteiger partial charge in [0.25, 0.3) is 5.91 Å². The highest BCUT2D eigenvalue weighted by Gasteiger charge is 2.36. The number of benzene rings is 1. The molecule has 1 aromatic carbocycles. The van der Waals surface area contributed by atoms with Crippen LogP contribution in [0.2, 0.25) is 0 Å². The molecule has 0 unspecified atom stereocenters. The number of nitrogens with zero attached hydrogens (tertiary/aromatic N) is 2. The predicted molar refractivity (Wildman–Crippen MR) is 83.4 cm³/mol. The lowest BCUT2D eigenvalue weighted by atomic mass is 10.2. The van der Waals surface area contributed by atoms with E-state index in [-0.39, 0.29) is 16.2 Å². The summed E-state index contributed by atoms with van der Waals surface area (Å²) in [6, 6.07) is 2.75. The SMILES string of the molecule is O=C1N=C(N2CCC[C@H]2C(=O)O)S/C1=C\c1cc(F)ccc1O. The summed E-state index contributed by atoms with van der Waals surface area (Å²) in [5.41, 5.74) is 0.175. The predicted octanol–water partition coefficient (Wildman–Crippen LogP) is 2.05. The van der Waals surface area contributed by atoms with Crippen molar-refractivity contribution in [1.82, 2.24) is 4.90 Å². The maximum Gasteiger partial charge on any atom is 0.326 e. The first kappa shape index (κ1) is 15.5. The molecule has 120 valence electrons. The van der Waals surface area contributed by atoms with Gasteiger partial charge in [-0.3, -0.25) is 4.79 Å². The minimum absolute atomic E-state index is 0.148. The smallest absolute Gasteiger partial charge is 0.326 e. The molecule has 0 bridgehead atoms. The van der Waals surface area contributed by atoms with Crippen molar-refractivity contribution in [2.75, 3.05) is 6.54 Å². The van der Waals surface area contributed by atoms with Crippen LogP contribution in [-0.4, -0.2) is 44.7 Å². The van der Waals surface area contributed by atoms with Crippen LogP contribution < -0.4 is 0 Å². The number of rotatable bonds is 2. The number of hydrogen-bond donors (Lipinski definition) is 2. The first-order chi connectivity index (χ1) is 11.0. The first-order valence-electron chi connectivity index (χ1n) is 6.96. The van der Waals surface area contributed by atoms with Gasteiger partial charge in [-0.15, -0.1) is 0 Å². The van der Waals surface area contributed by atoms with E-state index < -0.39 is 23.7 Å². The third-order valence-electron chi connectivity index (χ3n) is 3.67. The van der Waals surface area contributed by atoms with Crippen LogP contribution in [-0.2, 0) is 9.59 Å². The average Bonchev–Trinajstić information content (AvgIpc) is 3.10. The highest BCUT2D eigenvalue weighted by Crippen LogP contribution is 2.34. The number of thioether (sulfide) groups is 1. The van der Waals surface area contributed by atoms with E-state index >= 15 is 0 Å². The van der Waals surface area contributed by atoms with E-state index in [0.29, 0.717) is 24.6 Å². The maximum atomic E-state index is 13.2. The third kappa shape index (κ3) is 3.07. The molecular weight excluding hydrogens is 323 g/mol. The van der Waals surface area contributed by atoms with Crippen molar-refractivity contribution in [2.45, 2.75) is 18.9 Å². The standard InChI is InChI=1S/C15H13FN2O4S/c16-9-3-4-11(19)8(6-9)7-12-13(20)17-15(23-12)18-5-1-2-10(18)14(21)22/h3-4,6-7,10,19H,1-2,5H2,(H,21,22)/b12-7-/t10-/m0/s1. The molecule has 8 heteroatoms. The number of phenols is 1. The molecule has 2 aliphatic rings. The van der Waals surface area contributed by atoms with Crippen molar-refractivity contribution >= 4 is 34.9 Å². The second kappa shape index (κ2) is 6.04. The van der Waals surface area contributed by atoms with Gasteiger partial charge in [-0.2, -0.15) is 4.99 Å². The van der Waals surface area contributed by atoms with Crippen molar-refractivity contribution in [2.24, 2.45) is 4.99 Å². The number of carboxylic acid groups (broad SMARTS) is 1. The van der Waals surface area contributed by atoms with Crippen LogP contribution in [0.4, 0.5) is 4.39 Å². The Bertz CT molecular complexity index is 747. The lowest BCUT2D eigenvalue weighted by Gasteiger charge is -2.21. The third-order valence-corrected chi connectivity index (χ3v) is 4.69. The summed E-state index contributed by atoms with van der Waals surface area (Å²) in [6.07, 6.45) is 2.58. The van der Waals surface area contributed by atoms with Gasteiger partial charge in [-0.1, -0.05) is 0 Å². The molecule has 0 aliphatic carbocycles. The second-order valence-corrected chi connectivity index (χ2v) is 6.21. The minimum Gasteiger partial charge on any atom is -0.507 e. The lowest BCUT2D eigenvalue weighted by molar-refractivity contribution is -0.140. The molecule has 1 aromatic rings. The van der Waals surface area contributed by atoms with Gasteiger partial charge in [0.1, 0.15) is 17.6 Å². The Morgan fingerprint density at radius 1 is 1.48 bits per heavy atom. The largest absolute Gasteiger partial charge is 0.507 e. The Kier molecular flexibility index (Phi) is 4.08. The lowest BCUT2D eigenvalue weighted by Crippen LogP contribution is -2.38. The number of aliphatic carboxylic acids is 1. The van der Waals surface area contributed by atoms with Crippen molar-refractivity contribution in [3.63, 3.8) is 0 Å². The first-order valence-corrected chi connectivity index (χ1v) is 7.78. The molecule has 23 heavy (non-hydrogen) atoms. The van der Waals surface area contributed by atoms with E-state index in [9.17, 15) is 24.2 Å². The average molecular weight is 336 g/mol. The van der Waals surface area contributed by atoms with Gasteiger partial charge in [0.05, 0.1) is 4.91 Å². The van der Waals surface area contributed by atoms with Crippen LogP contribution in [0.5, 0.6) is 5.75 Å². The van der Waals surface area contributed by atoms with Crippen LogP contribution >= 0.6 is 11.8 Å². The monoisotopic (exact) mass is 336 g/mol. The summed E-state index contributed by atoms with van der Waals surface area (Å²) in [5, 5.41) is 19.2. The van der Waals surface area contributed by atoms with Gasteiger partial charge in [0, 0.05) is 12.1 Å². The van der Waals surface area contributed by atoms with Crippen molar-refractivity contribution in [1.29, 1.82) is 0 Å². The molecule has 1 amide bonds. The number of carbonyl (C=O) groups excluding carboxylic acids is 1. The number of carbonyl (C=O) groups is 2. The van der Waals surface area contributed by atoms with Gasteiger partial charge in [0.15, 0.2) is 5.17 Å². The second-order valence-electron chi connectivity index (χ2n) is 5.20. The molecule has 0 aromatic heterocycles. The number of likely N-dealkylation sites (tertiary alicyclic amines) is 1. The topological polar surface area (TPSA) is 90.2 Å². The van der Waals surface area contributed by atoms with Crippen LogP contribution in [0.1, 0.15) is 18.4 Å². The molecule has 2 aliphatic heterocycles. The Labute approximate surface area is 135 Å². The molecule has 6 nitrogen and oxygen atoms in total. The Balaban J connectivity index is 1.84. The van der Waals surface area contributed by atoms with E-state index in [4.69, 9.17) is 0 Å². The molecule has 1 saturated heterocycles. The summed E-state index contributed by atoms with van der Waals surface area (Å²) in [4.78, 5) is 28.9. The highest BCUT2D eigenvalue weighted by molar-refractivity contribution is 8.18. The summed E-state index contributed by atoms with van der Waals surface area (Å²) in [7, 11) is 0. The van der Waals surface area contributed by atoms with Crippen LogP contribution in [0.25, 0.3) is 6.08 Å². The van der Waals surface area contributed by atoms with Gasteiger partial charge in [0.2, 0.25) is 0 Å². The van der Waals surface area contributed by atoms with E-state index in [1.807, 2.05) is 0 Å². The molecular formula is C15H13FN2O4S. The van der Waals surface area contributed by atoms with Crippen LogP contribution in [0, 0.1) is 5.82 Å². The molecule has 1 fully saturated rings. The Hall–Kier alpha value is -2.35. The maximum absolute atomic E-state index is 13.2. The van der Waals surface area contributed by atoms with Crippen molar-refractivity contribution in [3.05, 3.63) is 34.5 Å². The quantitative estimate of drug-likeness (QED) is 0.804. The van der Waals surface area contributed by atoms with E-state index in [1.54, 1.807) is 4.90 Å². The minimum atomic E-state index is -0.946. The number of halogens is 1. The fourth-order valence-corrected chi connectivity index (χ4v) is 3.54. The number of aromatic hydroxyl groups is 1. The Morgan fingerprint density at radius 2 is 2.26 bits per heavy atom. The highest BCUT2D eigenvalue weighted by atomic mass is 32.2. The fraction of sp³-hybridized carbons (Fsp3) is 0.267. The van der Waals surface area contributed by atoms with Gasteiger partial charge in [-0.05, 0) is 48.9 Å². The molecule has 2 N–H and O–H groups in total. The summed E-state index contributed by atoms with van der Waals surface area (Å²) >= 11 is 1.04. The number of carboxylic acids is 1.